The molecule has 0 aliphatic heterocycles. The number of unbranched alkanes of at least 4 members (excludes halogenated alkanes) is 1. The highest BCUT2D eigenvalue weighted by Gasteiger charge is 2.59. The third-order valence-electron chi connectivity index (χ3n) is 5.96. The molecule has 5 heteroatoms. The number of hydrogen-bond acceptors (Lipinski definition) is 3. The molecular weight excluding hydrogens is 336 g/mol. The van der Waals surface area contributed by atoms with Gasteiger partial charge in [0.1, 0.15) is 16.3 Å². The summed E-state index contributed by atoms with van der Waals surface area (Å²) in [5.41, 5.74) is 2.40. The molecule has 132 valence electrons. The van der Waals surface area contributed by atoms with Crippen molar-refractivity contribution in [3.05, 3.63) is 52.3 Å². The number of rotatable bonds is 5. The lowest BCUT2D eigenvalue weighted by Crippen LogP contribution is -2.34. The molecule has 2 bridgehead atoms. The molecule has 4 nitrogen and oxygen atoms in total. The van der Waals surface area contributed by atoms with Crippen LogP contribution >= 0.6 is 11.6 Å². The van der Waals surface area contributed by atoms with E-state index in [4.69, 9.17) is 16.3 Å². The van der Waals surface area contributed by atoms with Crippen LogP contribution in [0, 0.1) is 5.92 Å². The number of aryl methyl sites for hydroxylation is 1. The quantitative estimate of drug-likeness (QED) is 0.719. The Morgan fingerprint density at radius 2 is 2.24 bits per heavy atom. The number of nitrogens with zero attached hydrogens (tertiary/aromatic N) is 2. The molecule has 0 amide bonds. The summed E-state index contributed by atoms with van der Waals surface area (Å²) in [4.78, 5) is 12.9. The molecule has 0 N–H and O–H groups in total. The Hall–Kier alpha value is -1.81. The minimum atomic E-state index is -0.507. The Balaban J connectivity index is 1.71. The van der Waals surface area contributed by atoms with Crippen LogP contribution in [0.3, 0.4) is 0 Å². The molecule has 4 rings (SSSR count). The van der Waals surface area contributed by atoms with Crippen LogP contribution in [0.15, 0.2) is 30.5 Å². The van der Waals surface area contributed by atoms with E-state index in [1.165, 1.54) is 22.0 Å². The maximum absolute atomic E-state index is 12.9. The zero-order valence-corrected chi connectivity index (χ0v) is 15.4. The predicted molar refractivity (Wildman–Crippen MR) is 96.7 cm³/mol. The highest BCUT2D eigenvalue weighted by Crippen LogP contribution is 2.63. The second-order valence-corrected chi connectivity index (χ2v) is 7.59. The largest absolute Gasteiger partial charge is 0.450 e. The molecule has 0 spiro atoms. The van der Waals surface area contributed by atoms with E-state index in [2.05, 4.69) is 30.2 Å². The summed E-state index contributed by atoms with van der Waals surface area (Å²) in [6.45, 7) is 2.21. The van der Waals surface area contributed by atoms with Crippen molar-refractivity contribution in [1.82, 2.24) is 9.78 Å². The highest BCUT2D eigenvalue weighted by molar-refractivity contribution is 6.32. The first-order valence-corrected chi connectivity index (χ1v) is 9.46. The number of carbonyl (C=O) groups excluding carboxylic acids is 1. The summed E-state index contributed by atoms with van der Waals surface area (Å²) >= 11 is 6.21. The molecule has 1 fully saturated rings. The van der Waals surface area contributed by atoms with Crippen molar-refractivity contribution in [2.75, 3.05) is 0 Å². The van der Waals surface area contributed by atoms with Gasteiger partial charge in [-0.2, -0.15) is 5.10 Å². The Kier molecular flexibility index (Phi) is 4.11. The van der Waals surface area contributed by atoms with E-state index in [0.29, 0.717) is 22.6 Å². The van der Waals surface area contributed by atoms with Crippen LogP contribution in [0.1, 0.15) is 66.4 Å². The second-order valence-electron chi connectivity index (χ2n) is 7.23. The van der Waals surface area contributed by atoms with Gasteiger partial charge in [0.05, 0.1) is 6.20 Å². The average molecular weight is 359 g/mol. The van der Waals surface area contributed by atoms with Gasteiger partial charge in [-0.25, -0.2) is 4.79 Å². The van der Waals surface area contributed by atoms with Crippen molar-refractivity contribution in [2.45, 2.75) is 50.5 Å². The third kappa shape index (κ3) is 2.42. The zero-order valence-electron chi connectivity index (χ0n) is 14.7. The average Bonchev–Trinajstić information content (AvgIpc) is 3.22. The first-order valence-electron chi connectivity index (χ1n) is 9.08. The number of benzene rings is 1. The monoisotopic (exact) mass is 358 g/mol. The first-order chi connectivity index (χ1) is 12.1. The Bertz CT molecular complexity index is 816. The van der Waals surface area contributed by atoms with Crippen molar-refractivity contribution in [2.24, 2.45) is 13.0 Å². The van der Waals surface area contributed by atoms with Gasteiger partial charge < -0.3 is 4.74 Å². The smallest absolute Gasteiger partial charge is 0.343 e. The fraction of sp³-hybridized carbons (Fsp3) is 0.500. The lowest BCUT2D eigenvalue weighted by Gasteiger charge is -2.33. The van der Waals surface area contributed by atoms with Crippen molar-refractivity contribution >= 4 is 17.6 Å². The lowest BCUT2D eigenvalue weighted by molar-refractivity contribution is -0.0413. The van der Waals surface area contributed by atoms with Crippen LogP contribution in [0.25, 0.3) is 0 Å². The summed E-state index contributed by atoms with van der Waals surface area (Å²) < 4.78 is 7.72. The Morgan fingerprint density at radius 3 is 2.96 bits per heavy atom. The van der Waals surface area contributed by atoms with Gasteiger partial charge in [0.2, 0.25) is 0 Å². The number of carbonyl (C=O) groups is 1. The standard InChI is InChI=1S/C20H23ClN2O2/c1-3-4-8-16-14-10-11-20(16,17-9-6-5-7-13(14)17)25-19(24)15-12-22-23(2)18(15)21/h5-7,9,12,14,16H,3-4,8,10-11H2,1-2H3. The summed E-state index contributed by atoms with van der Waals surface area (Å²) in [6, 6.07) is 8.46. The number of halogens is 1. The maximum Gasteiger partial charge on any atom is 0.343 e. The Morgan fingerprint density at radius 1 is 1.44 bits per heavy atom. The van der Waals surface area contributed by atoms with Gasteiger partial charge in [-0.3, -0.25) is 4.68 Å². The van der Waals surface area contributed by atoms with Crippen LogP contribution in [0.2, 0.25) is 5.15 Å². The molecule has 3 atom stereocenters. The summed E-state index contributed by atoms with van der Waals surface area (Å²) in [5, 5.41) is 4.39. The van der Waals surface area contributed by atoms with E-state index >= 15 is 0 Å². The van der Waals surface area contributed by atoms with Gasteiger partial charge in [-0.05, 0) is 36.3 Å². The number of ether oxygens (including phenoxy) is 1. The van der Waals surface area contributed by atoms with E-state index in [-0.39, 0.29) is 5.97 Å². The number of aromatic nitrogens is 2. The fourth-order valence-corrected chi connectivity index (χ4v) is 4.98. The third-order valence-corrected chi connectivity index (χ3v) is 6.41. The summed E-state index contributed by atoms with van der Waals surface area (Å²) in [7, 11) is 1.72. The number of fused-ring (bicyclic) bond motifs is 5. The summed E-state index contributed by atoms with van der Waals surface area (Å²) in [6.07, 6.45) is 6.87. The normalized spacial score (nSPS) is 26.7. The minimum Gasteiger partial charge on any atom is -0.450 e. The molecule has 2 aliphatic carbocycles. The summed E-state index contributed by atoms with van der Waals surface area (Å²) in [5.74, 6) is 0.501. The minimum absolute atomic E-state index is 0.326. The van der Waals surface area contributed by atoms with Crippen LogP contribution < -0.4 is 0 Å². The molecule has 25 heavy (non-hydrogen) atoms. The van der Waals surface area contributed by atoms with Crippen molar-refractivity contribution in [3.63, 3.8) is 0 Å². The van der Waals surface area contributed by atoms with Gasteiger partial charge >= 0.3 is 5.97 Å². The van der Waals surface area contributed by atoms with Crippen LogP contribution in [0.4, 0.5) is 0 Å². The van der Waals surface area contributed by atoms with E-state index in [1.807, 2.05) is 6.07 Å². The maximum atomic E-state index is 12.9. The molecule has 1 heterocycles. The topological polar surface area (TPSA) is 44.1 Å². The van der Waals surface area contributed by atoms with Crippen molar-refractivity contribution < 1.29 is 9.53 Å². The molecule has 0 radical (unpaired) electrons. The molecule has 2 aliphatic rings. The molecule has 0 saturated heterocycles. The SMILES string of the molecule is CCCCC1C2CCC1(OC(=O)c1cnn(C)c1Cl)c1ccccc12. The van der Waals surface area contributed by atoms with Crippen LogP contribution in [0.5, 0.6) is 0 Å². The van der Waals surface area contributed by atoms with Crippen LogP contribution in [-0.4, -0.2) is 15.7 Å². The highest BCUT2D eigenvalue weighted by atomic mass is 35.5. The predicted octanol–water partition coefficient (Wildman–Crippen LogP) is 4.82. The van der Waals surface area contributed by atoms with E-state index < -0.39 is 5.60 Å². The molecule has 2 aromatic rings. The Labute approximate surface area is 153 Å². The fourth-order valence-electron chi connectivity index (χ4n) is 4.81. The van der Waals surface area contributed by atoms with E-state index in [9.17, 15) is 4.79 Å². The molecular formula is C20H23ClN2O2. The van der Waals surface area contributed by atoms with Crippen LogP contribution in [-0.2, 0) is 17.4 Å². The number of esters is 1. The van der Waals surface area contributed by atoms with E-state index in [0.717, 1.165) is 32.1 Å². The molecule has 1 saturated carbocycles. The van der Waals surface area contributed by atoms with Gasteiger partial charge in [0.15, 0.2) is 0 Å². The van der Waals surface area contributed by atoms with E-state index in [1.54, 1.807) is 7.05 Å². The first kappa shape index (κ1) is 16.6. The second kappa shape index (κ2) is 6.17. The van der Waals surface area contributed by atoms with Crippen molar-refractivity contribution in [1.29, 1.82) is 0 Å². The van der Waals surface area contributed by atoms with Gasteiger partial charge in [-0.1, -0.05) is 55.6 Å². The van der Waals surface area contributed by atoms with Gasteiger partial charge in [0, 0.05) is 13.0 Å². The lowest BCUT2D eigenvalue weighted by atomic mass is 9.85. The zero-order chi connectivity index (χ0) is 17.6. The van der Waals surface area contributed by atoms with Crippen molar-refractivity contribution in [3.8, 4) is 0 Å². The molecule has 1 aromatic heterocycles. The van der Waals surface area contributed by atoms with Gasteiger partial charge in [0.25, 0.3) is 0 Å². The number of hydrogen-bond donors (Lipinski definition) is 0. The molecule has 3 unspecified atom stereocenters. The van der Waals surface area contributed by atoms with Gasteiger partial charge in [-0.15, -0.1) is 0 Å². The molecule has 1 aromatic carbocycles.